The molecule has 0 spiro atoms. The first-order chi connectivity index (χ1) is 10.3. The van der Waals surface area contributed by atoms with Crippen LogP contribution in [-0.2, 0) is 0 Å². The van der Waals surface area contributed by atoms with Gasteiger partial charge in [0, 0.05) is 6.04 Å². The maximum atomic E-state index is 3.82. The van der Waals surface area contributed by atoms with Crippen LogP contribution >= 0.6 is 0 Å². The quantitative estimate of drug-likeness (QED) is 0.729. The lowest BCUT2D eigenvalue weighted by molar-refractivity contribution is 0.189. The monoisotopic (exact) mass is 295 g/mol. The summed E-state index contributed by atoms with van der Waals surface area (Å²) >= 11 is 0. The molecule has 0 aliphatic carbocycles. The predicted octanol–water partition coefficient (Wildman–Crippen LogP) is 2.96. The number of nitrogens with one attached hydrogen (secondary N) is 1. The van der Waals surface area contributed by atoms with Crippen molar-refractivity contribution in [1.82, 2.24) is 15.1 Å². The van der Waals surface area contributed by atoms with Crippen LogP contribution in [0, 0.1) is 5.92 Å². The fraction of sp³-hybridized carbons (Fsp3) is 1.00. The van der Waals surface area contributed by atoms with Crippen molar-refractivity contribution >= 4 is 0 Å². The lowest BCUT2D eigenvalue weighted by Gasteiger charge is -2.30. The minimum absolute atomic E-state index is 0.772. The zero-order valence-electron chi connectivity index (χ0n) is 14.4. The summed E-state index contributed by atoms with van der Waals surface area (Å²) in [6.45, 7) is 13.8. The van der Waals surface area contributed by atoms with Crippen LogP contribution < -0.4 is 5.32 Å². The van der Waals surface area contributed by atoms with Crippen molar-refractivity contribution in [3.8, 4) is 0 Å². The van der Waals surface area contributed by atoms with Gasteiger partial charge in [0.05, 0.1) is 0 Å². The first-order valence-corrected chi connectivity index (χ1v) is 9.46. The minimum atomic E-state index is 0.772. The number of likely N-dealkylation sites (tertiary alicyclic amines) is 2. The zero-order valence-corrected chi connectivity index (χ0v) is 14.4. The number of piperidine rings is 1. The van der Waals surface area contributed by atoms with Crippen LogP contribution in [0.5, 0.6) is 0 Å². The molecule has 0 radical (unpaired) electrons. The van der Waals surface area contributed by atoms with Gasteiger partial charge in [-0.25, -0.2) is 0 Å². The molecule has 3 heteroatoms. The molecule has 0 amide bonds. The Morgan fingerprint density at radius 1 is 0.905 bits per heavy atom. The molecule has 2 aliphatic rings. The van der Waals surface area contributed by atoms with Gasteiger partial charge in [-0.15, -0.1) is 0 Å². The molecule has 2 fully saturated rings. The van der Waals surface area contributed by atoms with Crippen molar-refractivity contribution in [3.05, 3.63) is 0 Å². The van der Waals surface area contributed by atoms with E-state index in [0.29, 0.717) is 0 Å². The molecule has 0 bridgehead atoms. The smallest absolute Gasteiger partial charge is 0.00797 e. The summed E-state index contributed by atoms with van der Waals surface area (Å²) in [6.07, 6.45) is 9.53. The van der Waals surface area contributed by atoms with Crippen LogP contribution in [0.15, 0.2) is 0 Å². The van der Waals surface area contributed by atoms with Gasteiger partial charge < -0.3 is 15.1 Å². The Bertz CT molecular complexity index is 261. The number of rotatable bonds is 7. The van der Waals surface area contributed by atoms with E-state index in [1.807, 2.05) is 0 Å². The van der Waals surface area contributed by atoms with Crippen LogP contribution in [-0.4, -0.2) is 61.7 Å². The van der Waals surface area contributed by atoms with E-state index in [-0.39, 0.29) is 0 Å². The summed E-state index contributed by atoms with van der Waals surface area (Å²) < 4.78 is 0. The third-order valence-electron chi connectivity index (χ3n) is 5.32. The molecule has 3 nitrogen and oxygen atoms in total. The van der Waals surface area contributed by atoms with E-state index in [1.54, 1.807) is 0 Å². The molecule has 0 aromatic carbocycles. The molecule has 1 unspecified atom stereocenters. The van der Waals surface area contributed by atoms with Crippen LogP contribution in [0.3, 0.4) is 0 Å². The Balaban J connectivity index is 1.52. The van der Waals surface area contributed by atoms with Gasteiger partial charge in [-0.3, -0.25) is 0 Å². The van der Waals surface area contributed by atoms with E-state index in [0.717, 1.165) is 12.0 Å². The summed E-state index contributed by atoms with van der Waals surface area (Å²) in [5.41, 5.74) is 0. The highest BCUT2D eigenvalue weighted by atomic mass is 15.1. The maximum absolute atomic E-state index is 3.82. The summed E-state index contributed by atoms with van der Waals surface area (Å²) in [7, 11) is 0. The average molecular weight is 296 g/mol. The Morgan fingerprint density at radius 2 is 1.62 bits per heavy atom. The van der Waals surface area contributed by atoms with E-state index in [4.69, 9.17) is 0 Å². The lowest BCUT2D eigenvalue weighted by Crippen LogP contribution is -2.36. The number of hydrogen-bond donors (Lipinski definition) is 1. The van der Waals surface area contributed by atoms with Crippen molar-refractivity contribution in [2.24, 2.45) is 5.92 Å². The molecule has 1 N–H and O–H groups in total. The van der Waals surface area contributed by atoms with Gasteiger partial charge in [-0.1, -0.05) is 13.8 Å². The molecule has 21 heavy (non-hydrogen) atoms. The van der Waals surface area contributed by atoms with Gasteiger partial charge in [-0.05, 0) is 96.7 Å². The second-order valence-corrected chi connectivity index (χ2v) is 7.30. The van der Waals surface area contributed by atoms with E-state index in [1.165, 1.54) is 90.8 Å². The third kappa shape index (κ3) is 6.66. The second-order valence-electron chi connectivity index (χ2n) is 7.30. The van der Waals surface area contributed by atoms with Crippen molar-refractivity contribution in [3.63, 3.8) is 0 Å². The van der Waals surface area contributed by atoms with E-state index in [2.05, 4.69) is 29.0 Å². The van der Waals surface area contributed by atoms with Gasteiger partial charge in [-0.2, -0.15) is 0 Å². The molecule has 0 aromatic heterocycles. The fourth-order valence-electron chi connectivity index (χ4n) is 3.79. The largest absolute Gasteiger partial charge is 0.314 e. The molecule has 0 saturated carbocycles. The van der Waals surface area contributed by atoms with E-state index >= 15 is 0 Å². The van der Waals surface area contributed by atoms with Gasteiger partial charge >= 0.3 is 0 Å². The number of nitrogens with zero attached hydrogens (tertiary/aromatic N) is 2. The Labute approximate surface area is 132 Å². The van der Waals surface area contributed by atoms with Gasteiger partial charge in [0.25, 0.3) is 0 Å². The van der Waals surface area contributed by atoms with E-state index < -0.39 is 0 Å². The highest BCUT2D eigenvalue weighted by molar-refractivity contribution is 4.75. The van der Waals surface area contributed by atoms with Crippen molar-refractivity contribution < 1.29 is 0 Å². The van der Waals surface area contributed by atoms with Gasteiger partial charge in [0.1, 0.15) is 0 Å². The van der Waals surface area contributed by atoms with Crippen molar-refractivity contribution in [1.29, 1.82) is 0 Å². The molecule has 1 atom stereocenters. The van der Waals surface area contributed by atoms with Crippen molar-refractivity contribution in [2.75, 3.05) is 45.8 Å². The highest BCUT2D eigenvalue weighted by Crippen LogP contribution is 2.16. The summed E-state index contributed by atoms with van der Waals surface area (Å²) in [5.74, 6) is 0.955. The average Bonchev–Trinajstić information content (AvgIpc) is 2.71. The summed E-state index contributed by atoms with van der Waals surface area (Å²) in [6, 6.07) is 0.772. The fourth-order valence-corrected chi connectivity index (χ4v) is 3.79. The Kier molecular flexibility index (Phi) is 8.05. The first kappa shape index (κ1) is 17.2. The molecule has 124 valence electrons. The van der Waals surface area contributed by atoms with Crippen LogP contribution in [0.1, 0.15) is 58.8 Å². The van der Waals surface area contributed by atoms with Crippen LogP contribution in [0.25, 0.3) is 0 Å². The normalized spacial score (nSPS) is 26.9. The molecule has 2 aliphatic heterocycles. The zero-order chi connectivity index (χ0) is 14.9. The molecule has 2 rings (SSSR count). The molecular formula is C18H37N3. The minimum Gasteiger partial charge on any atom is -0.314 e. The molecule has 2 saturated heterocycles. The second kappa shape index (κ2) is 9.81. The van der Waals surface area contributed by atoms with Gasteiger partial charge in [0.2, 0.25) is 0 Å². The first-order valence-electron chi connectivity index (χ1n) is 9.46. The van der Waals surface area contributed by atoms with Gasteiger partial charge in [0.15, 0.2) is 0 Å². The van der Waals surface area contributed by atoms with E-state index in [9.17, 15) is 0 Å². The topological polar surface area (TPSA) is 18.5 Å². The summed E-state index contributed by atoms with van der Waals surface area (Å²) in [4.78, 5) is 5.31. The van der Waals surface area contributed by atoms with Crippen LogP contribution in [0.4, 0.5) is 0 Å². The molecule has 2 heterocycles. The van der Waals surface area contributed by atoms with Crippen LogP contribution in [0.2, 0.25) is 0 Å². The third-order valence-corrected chi connectivity index (χ3v) is 5.32. The standard InChI is InChI=1S/C18H37N3/c1-3-11-20-12-4-6-18(9-16-20)19-10-5-13-21-14-7-17(2)8-15-21/h17-19H,3-16H2,1-2H3. The molecule has 0 aromatic rings. The predicted molar refractivity (Wildman–Crippen MR) is 91.8 cm³/mol. The molecular weight excluding hydrogens is 258 g/mol. The van der Waals surface area contributed by atoms with Crippen molar-refractivity contribution in [2.45, 2.75) is 64.8 Å². The maximum Gasteiger partial charge on any atom is 0.00797 e. The highest BCUT2D eigenvalue weighted by Gasteiger charge is 2.17. The Hall–Kier alpha value is -0.120. The lowest BCUT2D eigenvalue weighted by atomic mass is 9.99. The Morgan fingerprint density at radius 3 is 2.38 bits per heavy atom. The SMILES string of the molecule is CCCN1CCCC(NCCCN2CCC(C)CC2)CC1. The summed E-state index contributed by atoms with van der Waals surface area (Å²) in [5, 5.41) is 3.82. The number of hydrogen-bond acceptors (Lipinski definition) is 3.